The molecule has 158 valence electrons. The van der Waals surface area contributed by atoms with Crippen molar-refractivity contribution in [3.8, 4) is 5.88 Å². The number of amides is 2. The van der Waals surface area contributed by atoms with Crippen molar-refractivity contribution < 1.29 is 14.3 Å². The number of rotatable bonds is 6. The predicted molar refractivity (Wildman–Crippen MR) is 117 cm³/mol. The lowest BCUT2D eigenvalue weighted by molar-refractivity contribution is -0.116. The summed E-state index contributed by atoms with van der Waals surface area (Å²) in [7, 11) is 3.40. The number of fused-ring (bicyclic) bond motifs is 1. The summed E-state index contributed by atoms with van der Waals surface area (Å²) >= 11 is 6.23. The molecule has 0 saturated carbocycles. The Kier molecular flexibility index (Phi) is 6.26. The fourth-order valence-electron chi connectivity index (χ4n) is 3.46. The topological polar surface area (TPSA) is 98.1 Å². The molecular formula is C21H24ClN5O3. The lowest BCUT2D eigenvalue weighted by Crippen LogP contribution is -2.14. The molecule has 2 heterocycles. The van der Waals surface area contributed by atoms with E-state index in [4.69, 9.17) is 16.3 Å². The highest BCUT2D eigenvalue weighted by molar-refractivity contribution is 6.34. The predicted octanol–water partition coefficient (Wildman–Crippen LogP) is 3.78. The van der Waals surface area contributed by atoms with Gasteiger partial charge in [-0.05, 0) is 49.6 Å². The molecule has 0 aliphatic carbocycles. The van der Waals surface area contributed by atoms with E-state index < -0.39 is 0 Å². The number of nitrogens with zero attached hydrogens (tertiary/aromatic N) is 3. The van der Waals surface area contributed by atoms with Crippen molar-refractivity contribution in [2.45, 2.75) is 33.6 Å². The van der Waals surface area contributed by atoms with Crippen molar-refractivity contribution in [1.82, 2.24) is 14.8 Å². The van der Waals surface area contributed by atoms with E-state index in [0.717, 1.165) is 27.9 Å². The number of carbonyl (C=O) groups is 2. The van der Waals surface area contributed by atoms with Crippen molar-refractivity contribution in [2.24, 2.45) is 7.05 Å². The molecule has 0 radical (unpaired) electrons. The van der Waals surface area contributed by atoms with E-state index in [-0.39, 0.29) is 18.2 Å². The minimum Gasteiger partial charge on any atom is -0.479 e. The molecule has 1 aromatic carbocycles. The normalized spacial score (nSPS) is 10.9. The Morgan fingerprint density at radius 3 is 2.60 bits per heavy atom. The summed E-state index contributed by atoms with van der Waals surface area (Å²) in [4.78, 5) is 28.3. The third-order valence-electron chi connectivity index (χ3n) is 4.88. The number of hydrogen-bond acceptors (Lipinski definition) is 5. The first kappa shape index (κ1) is 21.6. The summed E-state index contributed by atoms with van der Waals surface area (Å²) in [5.74, 6) is 0.167. The van der Waals surface area contributed by atoms with Crippen LogP contribution in [0.5, 0.6) is 5.88 Å². The lowest BCUT2D eigenvalue weighted by Gasteiger charge is -2.12. The van der Waals surface area contributed by atoms with Crippen LogP contribution in [0.4, 0.5) is 11.4 Å². The summed E-state index contributed by atoms with van der Waals surface area (Å²) in [6, 6.07) is 4.94. The van der Waals surface area contributed by atoms with Crippen molar-refractivity contribution in [1.29, 1.82) is 0 Å². The summed E-state index contributed by atoms with van der Waals surface area (Å²) < 4.78 is 7.08. The van der Waals surface area contributed by atoms with Gasteiger partial charge in [0.2, 0.25) is 17.7 Å². The maximum absolute atomic E-state index is 12.5. The van der Waals surface area contributed by atoms with Gasteiger partial charge in [-0.1, -0.05) is 11.6 Å². The Balaban J connectivity index is 1.75. The van der Waals surface area contributed by atoms with Crippen LogP contribution >= 0.6 is 11.6 Å². The van der Waals surface area contributed by atoms with Crippen LogP contribution in [-0.4, -0.2) is 33.7 Å². The smallest absolute Gasteiger partial charge is 0.242 e. The number of nitrogens with one attached hydrogen (secondary N) is 2. The number of methoxy groups -OCH3 is 1. The number of aryl methyl sites for hydroxylation is 3. The molecule has 0 fully saturated rings. The number of carbonyl (C=O) groups excluding carboxylic acids is 2. The molecular weight excluding hydrogens is 406 g/mol. The summed E-state index contributed by atoms with van der Waals surface area (Å²) in [5.41, 5.74) is 4.68. The number of aromatic nitrogens is 3. The second-order valence-corrected chi connectivity index (χ2v) is 7.46. The van der Waals surface area contributed by atoms with Gasteiger partial charge in [0.05, 0.1) is 23.2 Å². The maximum Gasteiger partial charge on any atom is 0.242 e. The molecule has 3 aromatic rings. The quantitative estimate of drug-likeness (QED) is 0.621. The van der Waals surface area contributed by atoms with E-state index in [9.17, 15) is 9.59 Å². The van der Waals surface area contributed by atoms with Crippen LogP contribution in [-0.2, 0) is 23.1 Å². The number of hydrogen-bond donors (Lipinski definition) is 2. The molecule has 0 aliphatic heterocycles. The molecule has 9 heteroatoms. The van der Waals surface area contributed by atoms with Gasteiger partial charge in [-0.2, -0.15) is 0 Å². The minimum absolute atomic E-state index is 0.166. The third kappa shape index (κ3) is 4.38. The lowest BCUT2D eigenvalue weighted by atomic mass is 10.00. The monoisotopic (exact) mass is 429 g/mol. The summed E-state index contributed by atoms with van der Waals surface area (Å²) in [6.45, 7) is 5.34. The first-order chi connectivity index (χ1) is 14.2. The third-order valence-corrected chi connectivity index (χ3v) is 5.19. The fourth-order valence-corrected chi connectivity index (χ4v) is 3.68. The molecule has 0 saturated heterocycles. The Hall–Kier alpha value is -3.13. The van der Waals surface area contributed by atoms with Crippen LogP contribution in [0.2, 0.25) is 5.02 Å². The molecule has 3 rings (SSSR count). The Morgan fingerprint density at radius 2 is 1.97 bits per heavy atom. The average Bonchev–Trinajstić information content (AvgIpc) is 2.99. The summed E-state index contributed by atoms with van der Waals surface area (Å²) in [6.07, 6.45) is 0.785. The van der Waals surface area contributed by atoms with Crippen molar-refractivity contribution in [2.75, 3.05) is 17.7 Å². The molecule has 0 atom stereocenters. The highest BCUT2D eigenvalue weighted by atomic mass is 35.5. The second-order valence-electron chi connectivity index (χ2n) is 7.06. The van der Waals surface area contributed by atoms with Gasteiger partial charge in [0.15, 0.2) is 5.65 Å². The largest absolute Gasteiger partial charge is 0.479 e. The molecule has 2 N–H and O–H groups in total. The fraction of sp³-hybridized carbons (Fsp3) is 0.333. The minimum atomic E-state index is -0.190. The van der Waals surface area contributed by atoms with Crippen molar-refractivity contribution in [3.63, 3.8) is 0 Å². The number of pyridine rings is 1. The SMILES string of the molecule is COc1nn(C)c2nc(C)c(CCC(=O)Nc3ccc(NC(C)=O)cc3Cl)c(C)c12. The van der Waals surface area contributed by atoms with E-state index >= 15 is 0 Å². The van der Waals surface area contributed by atoms with Crippen molar-refractivity contribution >= 4 is 45.8 Å². The van der Waals surface area contributed by atoms with E-state index in [2.05, 4.69) is 20.7 Å². The molecule has 0 aliphatic rings. The zero-order valence-electron chi connectivity index (χ0n) is 17.6. The van der Waals surface area contributed by atoms with Gasteiger partial charge < -0.3 is 15.4 Å². The van der Waals surface area contributed by atoms with E-state index in [1.165, 1.54) is 6.92 Å². The van der Waals surface area contributed by atoms with E-state index in [1.807, 2.05) is 20.9 Å². The van der Waals surface area contributed by atoms with E-state index in [1.54, 1.807) is 30.0 Å². The maximum atomic E-state index is 12.5. The van der Waals surface area contributed by atoms with Crippen LogP contribution in [0, 0.1) is 13.8 Å². The zero-order chi connectivity index (χ0) is 22.0. The van der Waals surface area contributed by atoms with E-state index in [0.29, 0.717) is 28.7 Å². The molecule has 0 unspecified atom stereocenters. The first-order valence-corrected chi connectivity index (χ1v) is 9.82. The number of ether oxygens (including phenoxy) is 1. The standard InChI is InChI=1S/C21H24ClN5O3/c1-11-15(12(2)23-20-19(11)21(30-5)26-27(20)4)7-9-18(29)25-17-8-6-14(10-16(17)22)24-13(3)28/h6,8,10H,7,9H2,1-5H3,(H,24,28)(H,25,29). The second kappa shape index (κ2) is 8.71. The molecule has 8 nitrogen and oxygen atoms in total. The van der Waals surface area contributed by atoms with Crippen LogP contribution in [0.1, 0.15) is 30.2 Å². The highest BCUT2D eigenvalue weighted by Gasteiger charge is 2.18. The summed E-state index contributed by atoms with van der Waals surface area (Å²) in [5, 5.41) is 11.0. The Labute approximate surface area is 179 Å². The van der Waals surface area contributed by atoms with Gasteiger partial charge in [-0.25, -0.2) is 9.67 Å². The highest BCUT2D eigenvalue weighted by Crippen LogP contribution is 2.31. The van der Waals surface area contributed by atoms with Crippen LogP contribution in [0.3, 0.4) is 0 Å². The Morgan fingerprint density at radius 1 is 1.23 bits per heavy atom. The van der Waals surface area contributed by atoms with Gasteiger partial charge in [-0.3, -0.25) is 9.59 Å². The molecule has 0 bridgehead atoms. The zero-order valence-corrected chi connectivity index (χ0v) is 18.3. The van der Waals surface area contributed by atoms with Crippen molar-refractivity contribution in [3.05, 3.63) is 40.0 Å². The van der Waals surface area contributed by atoms with Gasteiger partial charge in [-0.15, -0.1) is 5.10 Å². The number of halogens is 1. The molecule has 30 heavy (non-hydrogen) atoms. The number of anilines is 2. The van der Waals surface area contributed by atoms with Gasteiger partial charge >= 0.3 is 0 Å². The average molecular weight is 430 g/mol. The Bertz CT molecular complexity index is 1140. The van der Waals surface area contributed by atoms with Crippen LogP contribution < -0.4 is 15.4 Å². The molecule has 2 aromatic heterocycles. The molecule has 0 spiro atoms. The van der Waals surface area contributed by atoms with Crippen LogP contribution in [0.15, 0.2) is 18.2 Å². The van der Waals surface area contributed by atoms with Gasteiger partial charge in [0, 0.05) is 31.8 Å². The number of benzene rings is 1. The molecule has 2 amide bonds. The first-order valence-electron chi connectivity index (χ1n) is 9.45. The van der Waals surface area contributed by atoms with Crippen LogP contribution in [0.25, 0.3) is 11.0 Å². The van der Waals surface area contributed by atoms with Gasteiger partial charge in [0.25, 0.3) is 0 Å². The van der Waals surface area contributed by atoms with Gasteiger partial charge in [0.1, 0.15) is 0 Å².